The van der Waals surface area contributed by atoms with Gasteiger partial charge in [-0.1, -0.05) is 29.8 Å². The normalized spacial score (nSPS) is 17.5. The Kier molecular flexibility index (Phi) is 4.40. The highest BCUT2D eigenvalue weighted by Gasteiger charge is 2.34. The number of carbonyl (C=O) groups is 1. The minimum absolute atomic E-state index is 0.0102. The van der Waals surface area contributed by atoms with Crippen LogP contribution in [0.4, 0.5) is 0 Å². The smallest absolute Gasteiger partial charge is 0.254 e. The average Bonchev–Trinajstić information content (AvgIpc) is 2.47. The maximum Gasteiger partial charge on any atom is 0.254 e. The van der Waals surface area contributed by atoms with Crippen LogP contribution in [0.15, 0.2) is 47.4 Å². The maximum atomic E-state index is 12.9. The lowest BCUT2D eigenvalue weighted by Gasteiger charge is -2.41. The molecule has 1 fully saturated rings. The molecule has 0 aliphatic carbocycles. The van der Waals surface area contributed by atoms with Crippen molar-refractivity contribution in [2.75, 3.05) is 12.8 Å². The molecule has 6 heteroatoms. The van der Waals surface area contributed by atoms with Crippen molar-refractivity contribution in [3.8, 4) is 0 Å². The van der Waals surface area contributed by atoms with Gasteiger partial charge in [-0.3, -0.25) is 4.79 Å². The summed E-state index contributed by atoms with van der Waals surface area (Å²) in [5, 5.41) is 0.660. The highest BCUT2D eigenvalue weighted by molar-refractivity contribution is 7.90. The van der Waals surface area contributed by atoms with Crippen molar-refractivity contribution >= 4 is 27.3 Å². The van der Waals surface area contributed by atoms with Crippen LogP contribution in [-0.4, -0.2) is 32.0 Å². The Morgan fingerprint density at radius 3 is 2.38 bits per heavy atom. The number of amides is 1. The summed E-state index contributed by atoms with van der Waals surface area (Å²) in [7, 11) is -3.35. The Labute approximate surface area is 147 Å². The van der Waals surface area contributed by atoms with Crippen molar-refractivity contribution in [3.63, 3.8) is 0 Å². The molecule has 24 heavy (non-hydrogen) atoms. The Balaban J connectivity index is 1.91. The summed E-state index contributed by atoms with van der Waals surface area (Å²) >= 11 is 5.92. The van der Waals surface area contributed by atoms with Crippen molar-refractivity contribution in [3.05, 3.63) is 64.2 Å². The van der Waals surface area contributed by atoms with Gasteiger partial charge in [0, 0.05) is 23.4 Å². The van der Waals surface area contributed by atoms with Gasteiger partial charge in [-0.25, -0.2) is 8.42 Å². The highest BCUT2D eigenvalue weighted by Crippen LogP contribution is 2.35. The lowest BCUT2D eigenvalue weighted by molar-refractivity contribution is 0.0459. The molecule has 0 bridgehead atoms. The number of aryl methyl sites for hydroxylation is 1. The average molecular weight is 364 g/mol. The van der Waals surface area contributed by atoms with E-state index in [4.69, 9.17) is 11.6 Å². The number of hydrogen-bond acceptors (Lipinski definition) is 3. The van der Waals surface area contributed by atoms with E-state index in [1.54, 1.807) is 11.0 Å². The van der Waals surface area contributed by atoms with Gasteiger partial charge in [0.1, 0.15) is 0 Å². The first-order chi connectivity index (χ1) is 11.3. The Morgan fingerprint density at radius 1 is 1.17 bits per heavy atom. The van der Waals surface area contributed by atoms with Gasteiger partial charge in [-0.05, 0) is 48.7 Å². The largest absolute Gasteiger partial charge is 0.331 e. The SMILES string of the molecule is Cc1ccc(S(C)(=O)=O)cc1C(=O)N1CCC1c1ccc(Cl)cc1. The quantitative estimate of drug-likeness (QED) is 0.836. The third-order valence-electron chi connectivity index (χ3n) is 4.40. The molecule has 126 valence electrons. The second-order valence-corrected chi connectivity index (χ2v) is 8.56. The van der Waals surface area contributed by atoms with E-state index in [2.05, 4.69) is 0 Å². The van der Waals surface area contributed by atoms with Crippen molar-refractivity contribution in [2.24, 2.45) is 0 Å². The predicted molar refractivity (Wildman–Crippen MR) is 94.1 cm³/mol. The van der Waals surface area contributed by atoms with Crippen molar-refractivity contribution in [1.82, 2.24) is 4.90 Å². The second kappa shape index (κ2) is 6.22. The van der Waals surface area contributed by atoms with Gasteiger partial charge in [-0.2, -0.15) is 0 Å². The zero-order valence-corrected chi connectivity index (χ0v) is 15.1. The van der Waals surface area contributed by atoms with Gasteiger partial charge >= 0.3 is 0 Å². The number of hydrogen-bond donors (Lipinski definition) is 0. The lowest BCUT2D eigenvalue weighted by atomic mass is 9.93. The fourth-order valence-corrected chi connectivity index (χ4v) is 3.65. The van der Waals surface area contributed by atoms with Crippen LogP contribution in [0.2, 0.25) is 5.02 Å². The van der Waals surface area contributed by atoms with Crippen LogP contribution >= 0.6 is 11.6 Å². The summed E-state index contributed by atoms with van der Waals surface area (Å²) in [4.78, 5) is 14.8. The van der Waals surface area contributed by atoms with E-state index in [0.29, 0.717) is 17.1 Å². The van der Waals surface area contributed by atoms with Gasteiger partial charge in [0.25, 0.3) is 5.91 Å². The summed E-state index contributed by atoms with van der Waals surface area (Å²) in [6, 6.07) is 12.2. The van der Waals surface area contributed by atoms with E-state index in [0.717, 1.165) is 23.8 Å². The van der Waals surface area contributed by atoms with Crippen LogP contribution in [0.25, 0.3) is 0 Å². The molecule has 1 aliphatic heterocycles. The van der Waals surface area contributed by atoms with Crippen LogP contribution in [-0.2, 0) is 9.84 Å². The Morgan fingerprint density at radius 2 is 1.83 bits per heavy atom. The van der Waals surface area contributed by atoms with Gasteiger partial charge in [-0.15, -0.1) is 0 Å². The molecule has 1 unspecified atom stereocenters. The number of nitrogens with zero attached hydrogens (tertiary/aromatic N) is 1. The molecular formula is C18H18ClNO3S. The summed E-state index contributed by atoms with van der Waals surface area (Å²) in [6.45, 7) is 2.48. The number of halogens is 1. The lowest BCUT2D eigenvalue weighted by Crippen LogP contribution is -2.45. The van der Waals surface area contributed by atoms with E-state index in [9.17, 15) is 13.2 Å². The van der Waals surface area contributed by atoms with E-state index in [1.807, 2.05) is 31.2 Å². The molecule has 0 radical (unpaired) electrons. The molecule has 2 aromatic rings. The molecule has 3 rings (SSSR count). The zero-order valence-electron chi connectivity index (χ0n) is 13.5. The van der Waals surface area contributed by atoms with Gasteiger partial charge in [0.15, 0.2) is 9.84 Å². The fraction of sp³-hybridized carbons (Fsp3) is 0.278. The fourth-order valence-electron chi connectivity index (χ4n) is 2.88. The number of likely N-dealkylation sites (tertiary alicyclic amines) is 1. The molecule has 1 aliphatic rings. The third kappa shape index (κ3) is 3.19. The first-order valence-corrected chi connectivity index (χ1v) is 9.91. The molecule has 1 atom stereocenters. The van der Waals surface area contributed by atoms with E-state index < -0.39 is 9.84 Å². The molecular weight excluding hydrogens is 346 g/mol. The predicted octanol–water partition coefficient (Wildman–Crippen LogP) is 3.64. The molecule has 4 nitrogen and oxygen atoms in total. The topological polar surface area (TPSA) is 54.5 Å². The Hall–Kier alpha value is -1.85. The van der Waals surface area contributed by atoms with Gasteiger partial charge in [0.05, 0.1) is 10.9 Å². The van der Waals surface area contributed by atoms with Gasteiger partial charge < -0.3 is 4.90 Å². The van der Waals surface area contributed by atoms with Crippen LogP contribution in [0, 0.1) is 6.92 Å². The number of carbonyl (C=O) groups excluding carboxylic acids is 1. The molecule has 0 saturated carbocycles. The summed E-state index contributed by atoms with van der Waals surface area (Å²) in [5.41, 5.74) is 2.25. The minimum Gasteiger partial charge on any atom is -0.331 e. The molecule has 1 saturated heterocycles. The summed E-state index contributed by atoms with van der Waals surface area (Å²) < 4.78 is 23.5. The van der Waals surface area contributed by atoms with E-state index in [1.165, 1.54) is 12.1 Å². The maximum absolute atomic E-state index is 12.9. The molecule has 2 aromatic carbocycles. The van der Waals surface area contributed by atoms with E-state index in [-0.39, 0.29) is 16.8 Å². The zero-order chi connectivity index (χ0) is 17.5. The molecule has 1 amide bonds. The molecule has 1 heterocycles. The Bertz CT molecular complexity index is 891. The standard InChI is InChI=1S/C18H18ClNO3S/c1-12-3-8-15(24(2,22)23)11-16(12)18(21)20-10-9-17(20)13-4-6-14(19)7-5-13/h3-8,11,17H,9-10H2,1-2H3. The molecule has 0 aromatic heterocycles. The minimum atomic E-state index is -3.35. The monoisotopic (exact) mass is 363 g/mol. The van der Waals surface area contributed by atoms with Crippen LogP contribution in [0.3, 0.4) is 0 Å². The third-order valence-corrected chi connectivity index (χ3v) is 5.77. The van der Waals surface area contributed by atoms with Crippen molar-refractivity contribution in [2.45, 2.75) is 24.3 Å². The summed E-state index contributed by atoms with van der Waals surface area (Å²) in [5.74, 6) is -0.135. The number of benzene rings is 2. The van der Waals surface area contributed by atoms with Gasteiger partial charge in [0.2, 0.25) is 0 Å². The summed E-state index contributed by atoms with van der Waals surface area (Å²) in [6.07, 6.45) is 2.03. The van der Waals surface area contributed by atoms with Crippen molar-refractivity contribution in [1.29, 1.82) is 0 Å². The second-order valence-electron chi connectivity index (χ2n) is 6.10. The van der Waals surface area contributed by atoms with Crippen LogP contribution in [0.5, 0.6) is 0 Å². The number of rotatable bonds is 3. The van der Waals surface area contributed by atoms with Crippen molar-refractivity contribution < 1.29 is 13.2 Å². The van der Waals surface area contributed by atoms with E-state index >= 15 is 0 Å². The van der Waals surface area contributed by atoms with Crippen LogP contribution < -0.4 is 0 Å². The molecule has 0 spiro atoms. The highest BCUT2D eigenvalue weighted by atomic mass is 35.5. The molecule has 0 N–H and O–H groups in total. The first-order valence-electron chi connectivity index (χ1n) is 7.64. The first kappa shape index (κ1) is 17.0. The number of sulfone groups is 1. The van der Waals surface area contributed by atoms with Crippen LogP contribution in [0.1, 0.15) is 33.9 Å².